The van der Waals surface area contributed by atoms with E-state index in [1.165, 1.54) is 0 Å². The number of nitro groups is 1. The Balaban J connectivity index is 2.20. The van der Waals surface area contributed by atoms with Crippen molar-refractivity contribution in [1.82, 2.24) is 4.90 Å². The third-order valence-electron chi connectivity index (χ3n) is 4.02. The Labute approximate surface area is 122 Å². The second-order valence-electron chi connectivity index (χ2n) is 5.14. The van der Waals surface area contributed by atoms with Crippen molar-refractivity contribution in [2.24, 2.45) is 11.5 Å². The number of rotatable bonds is 4. The molecule has 1 heterocycles. The van der Waals surface area contributed by atoms with Gasteiger partial charge in [0.1, 0.15) is 0 Å². The number of carbonyl (C=O) groups excluding carboxylic acids is 1. The molecule has 1 aromatic carbocycles. The lowest BCUT2D eigenvalue weighted by atomic mass is 9.72. The van der Waals surface area contributed by atoms with Gasteiger partial charge in [-0.25, -0.2) is 0 Å². The van der Waals surface area contributed by atoms with Crippen molar-refractivity contribution in [3.63, 3.8) is 0 Å². The van der Waals surface area contributed by atoms with E-state index in [9.17, 15) is 14.9 Å². The molecule has 112 valence electrons. The topological polar surface area (TPSA) is 115 Å². The summed E-state index contributed by atoms with van der Waals surface area (Å²) in [6.07, 6.45) is 1.75. The van der Waals surface area contributed by atoms with Crippen LogP contribution in [0.15, 0.2) is 42.4 Å². The van der Waals surface area contributed by atoms with Crippen LogP contribution in [-0.4, -0.2) is 28.8 Å². The molecule has 1 fully saturated rings. The first-order valence-corrected chi connectivity index (χ1v) is 6.67. The standard InChI is InChI=1S/C14H18N4O3/c15-12(10-18(20)21)17-8-6-14(7-9-17,13(16)19)11-4-2-1-3-5-11/h1-5,10H,6-9,15H2,(H2,16,19). The first kappa shape index (κ1) is 14.8. The largest absolute Gasteiger partial charge is 0.380 e. The van der Waals surface area contributed by atoms with Gasteiger partial charge < -0.3 is 16.4 Å². The van der Waals surface area contributed by atoms with Crippen LogP contribution >= 0.6 is 0 Å². The van der Waals surface area contributed by atoms with Gasteiger partial charge in [0, 0.05) is 13.1 Å². The van der Waals surface area contributed by atoms with Crippen molar-refractivity contribution in [2.45, 2.75) is 18.3 Å². The number of hydrogen-bond donors (Lipinski definition) is 2. The maximum Gasteiger partial charge on any atom is 0.274 e. The number of carbonyl (C=O) groups is 1. The SMILES string of the molecule is NC(=O)C1(c2ccccc2)CCN(C(N)=C[N+](=O)[O-])CC1. The minimum Gasteiger partial charge on any atom is -0.380 e. The van der Waals surface area contributed by atoms with E-state index >= 15 is 0 Å². The van der Waals surface area contributed by atoms with Crippen LogP contribution in [-0.2, 0) is 10.2 Å². The van der Waals surface area contributed by atoms with E-state index in [-0.39, 0.29) is 11.7 Å². The van der Waals surface area contributed by atoms with Crippen molar-refractivity contribution in [3.8, 4) is 0 Å². The summed E-state index contributed by atoms with van der Waals surface area (Å²) in [6, 6.07) is 9.39. The smallest absolute Gasteiger partial charge is 0.274 e. The zero-order valence-corrected chi connectivity index (χ0v) is 11.6. The fourth-order valence-electron chi connectivity index (χ4n) is 2.77. The molecule has 1 amide bonds. The lowest BCUT2D eigenvalue weighted by Gasteiger charge is -2.40. The highest BCUT2D eigenvalue weighted by Crippen LogP contribution is 2.35. The number of hydrogen-bond acceptors (Lipinski definition) is 5. The Morgan fingerprint density at radius 3 is 2.29 bits per heavy atom. The number of likely N-dealkylation sites (tertiary alicyclic amines) is 1. The minimum absolute atomic E-state index is 0.103. The third-order valence-corrected chi connectivity index (χ3v) is 4.02. The average Bonchev–Trinajstić information content (AvgIpc) is 2.47. The van der Waals surface area contributed by atoms with Crippen LogP contribution in [0.5, 0.6) is 0 Å². The quantitative estimate of drug-likeness (QED) is 0.620. The molecule has 1 saturated heterocycles. The summed E-state index contributed by atoms with van der Waals surface area (Å²) in [7, 11) is 0. The molecule has 7 nitrogen and oxygen atoms in total. The molecule has 0 atom stereocenters. The highest BCUT2D eigenvalue weighted by atomic mass is 16.6. The van der Waals surface area contributed by atoms with Gasteiger partial charge in [0.2, 0.25) is 5.91 Å². The zero-order chi connectivity index (χ0) is 15.5. The molecule has 1 aliphatic rings. The second-order valence-corrected chi connectivity index (χ2v) is 5.14. The lowest BCUT2D eigenvalue weighted by molar-refractivity contribution is -0.404. The number of piperidine rings is 1. The molecule has 2 rings (SSSR count). The lowest BCUT2D eigenvalue weighted by Crippen LogP contribution is -2.50. The monoisotopic (exact) mass is 290 g/mol. The van der Waals surface area contributed by atoms with Gasteiger partial charge in [-0.15, -0.1) is 0 Å². The van der Waals surface area contributed by atoms with Crippen molar-refractivity contribution >= 4 is 5.91 Å². The van der Waals surface area contributed by atoms with E-state index in [2.05, 4.69) is 0 Å². The van der Waals surface area contributed by atoms with Crippen LogP contribution in [0.1, 0.15) is 18.4 Å². The van der Waals surface area contributed by atoms with E-state index in [0.29, 0.717) is 25.9 Å². The van der Waals surface area contributed by atoms with E-state index in [4.69, 9.17) is 11.5 Å². The van der Waals surface area contributed by atoms with Crippen LogP contribution in [0.2, 0.25) is 0 Å². The summed E-state index contributed by atoms with van der Waals surface area (Å²) >= 11 is 0. The molecule has 7 heteroatoms. The Morgan fingerprint density at radius 2 is 1.81 bits per heavy atom. The first-order valence-electron chi connectivity index (χ1n) is 6.67. The van der Waals surface area contributed by atoms with Crippen molar-refractivity contribution in [2.75, 3.05) is 13.1 Å². The molecule has 1 aliphatic heterocycles. The molecule has 0 aliphatic carbocycles. The number of nitrogens with two attached hydrogens (primary N) is 2. The summed E-state index contributed by atoms with van der Waals surface area (Å²) in [5.74, 6) is -0.267. The summed E-state index contributed by atoms with van der Waals surface area (Å²) in [5.41, 5.74) is 11.5. The van der Waals surface area contributed by atoms with Gasteiger partial charge in [-0.1, -0.05) is 30.3 Å². The Morgan fingerprint density at radius 1 is 1.24 bits per heavy atom. The van der Waals surface area contributed by atoms with Crippen molar-refractivity contribution < 1.29 is 9.72 Å². The van der Waals surface area contributed by atoms with Gasteiger partial charge in [-0.2, -0.15) is 0 Å². The normalized spacial score (nSPS) is 18.3. The van der Waals surface area contributed by atoms with Crippen LogP contribution in [0.25, 0.3) is 0 Å². The van der Waals surface area contributed by atoms with Gasteiger partial charge in [0.25, 0.3) is 6.20 Å². The molecule has 21 heavy (non-hydrogen) atoms. The average molecular weight is 290 g/mol. The number of amides is 1. The van der Waals surface area contributed by atoms with E-state index in [1.54, 1.807) is 4.90 Å². The summed E-state index contributed by atoms with van der Waals surface area (Å²) < 4.78 is 0. The fourth-order valence-corrected chi connectivity index (χ4v) is 2.77. The molecule has 0 bridgehead atoms. The van der Waals surface area contributed by atoms with Gasteiger partial charge in [0.05, 0.1) is 10.3 Å². The molecular weight excluding hydrogens is 272 g/mol. The molecule has 0 saturated carbocycles. The van der Waals surface area contributed by atoms with Crippen LogP contribution in [0.3, 0.4) is 0 Å². The second kappa shape index (κ2) is 5.82. The number of primary amides is 1. The predicted octanol–water partition coefficient (Wildman–Crippen LogP) is 0.540. The Hall–Kier alpha value is -2.57. The molecular formula is C14H18N4O3. The molecule has 4 N–H and O–H groups in total. The highest BCUT2D eigenvalue weighted by molar-refractivity contribution is 5.86. The Bertz CT molecular complexity index is 563. The highest BCUT2D eigenvalue weighted by Gasteiger charge is 2.41. The summed E-state index contributed by atoms with van der Waals surface area (Å²) in [6.45, 7) is 0.905. The van der Waals surface area contributed by atoms with Gasteiger partial charge in [0.15, 0.2) is 5.82 Å². The maximum absolute atomic E-state index is 12.0. The molecule has 0 aromatic heterocycles. The fraction of sp³-hybridized carbons (Fsp3) is 0.357. The molecule has 1 aromatic rings. The Kier molecular flexibility index (Phi) is 4.11. The molecule has 0 unspecified atom stereocenters. The summed E-state index contributed by atoms with van der Waals surface area (Å²) in [5, 5.41) is 10.5. The van der Waals surface area contributed by atoms with Gasteiger partial charge in [-0.05, 0) is 18.4 Å². The first-order chi connectivity index (χ1) is 9.95. The number of benzene rings is 1. The third kappa shape index (κ3) is 2.96. The zero-order valence-electron chi connectivity index (χ0n) is 11.6. The van der Waals surface area contributed by atoms with Crippen molar-refractivity contribution in [1.29, 1.82) is 0 Å². The minimum atomic E-state index is -0.730. The van der Waals surface area contributed by atoms with E-state index in [0.717, 1.165) is 11.8 Å². The van der Waals surface area contributed by atoms with Gasteiger partial charge in [-0.3, -0.25) is 14.9 Å². The van der Waals surface area contributed by atoms with E-state index < -0.39 is 10.3 Å². The van der Waals surface area contributed by atoms with Crippen LogP contribution < -0.4 is 11.5 Å². The number of nitrogens with zero attached hydrogens (tertiary/aromatic N) is 2. The molecule has 0 radical (unpaired) electrons. The summed E-state index contributed by atoms with van der Waals surface area (Å²) in [4.78, 5) is 23.6. The molecule has 0 spiro atoms. The van der Waals surface area contributed by atoms with Crippen LogP contribution in [0, 0.1) is 10.1 Å². The van der Waals surface area contributed by atoms with Crippen molar-refractivity contribution in [3.05, 3.63) is 58.0 Å². The maximum atomic E-state index is 12.0. The van der Waals surface area contributed by atoms with Crippen LogP contribution in [0.4, 0.5) is 0 Å². The van der Waals surface area contributed by atoms with Gasteiger partial charge >= 0.3 is 0 Å². The predicted molar refractivity (Wildman–Crippen MR) is 77.4 cm³/mol. The van der Waals surface area contributed by atoms with E-state index in [1.807, 2.05) is 30.3 Å².